The number of hydrogen-bond donors (Lipinski definition) is 2. The Morgan fingerprint density at radius 1 is 1.62 bits per heavy atom. The SMILES string of the molecule is Cn1c(C(=O)O)cnc1CNC1CCCC1. The van der Waals surface area contributed by atoms with Gasteiger partial charge in [0.2, 0.25) is 0 Å². The van der Waals surface area contributed by atoms with Crippen molar-refractivity contribution < 1.29 is 9.90 Å². The van der Waals surface area contributed by atoms with E-state index in [0.717, 1.165) is 5.82 Å². The van der Waals surface area contributed by atoms with Gasteiger partial charge in [-0.15, -0.1) is 0 Å². The maximum atomic E-state index is 10.8. The maximum Gasteiger partial charge on any atom is 0.354 e. The van der Waals surface area contributed by atoms with E-state index in [9.17, 15) is 4.79 Å². The molecule has 0 bridgehead atoms. The topological polar surface area (TPSA) is 67.2 Å². The lowest BCUT2D eigenvalue weighted by atomic mass is 10.2. The van der Waals surface area contributed by atoms with Gasteiger partial charge in [-0.2, -0.15) is 0 Å². The minimum Gasteiger partial charge on any atom is -0.477 e. The van der Waals surface area contributed by atoms with Crippen molar-refractivity contribution in [1.29, 1.82) is 0 Å². The van der Waals surface area contributed by atoms with Crippen LogP contribution in [0.3, 0.4) is 0 Å². The van der Waals surface area contributed by atoms with Crippen molar-refractivity contribution >= 4 is 5.97 Å². The van der Waals surface area contributed by atoms with Gasteiger partial charge in [0.1, 0.15) is 11.5 Å². The Hall–Kier alpha value is -1.36. The van der Waals surface area contributed by atoms with Crippen molar-refractivity contribution in [3.05, 3.63) is 17.7 Å². The van der Waals surface area contributed by atoms with Crippen molar-refractivity contribution in [2.24, 2.45) is 7.05 Å². The molecular weight excluding hydrogens is 206 g/mol. The first-order chi connectivity index (χ1) is 7.68. The zero-order chi connectivity index (χ0) is 11.5. The average Bonchev–Trinajstić information content (AvgIpc) is 2.84. The van der Waals surface area contributed by atoms with E-state index in [4.69, 9.17) is 5.11 Å². The second-order valence-corrected chi connectivity index (χ2v) is 4.29. The quantitative estimate of drug-likeness (QED) is 0.803. The molecule has 5 heteroatoms. The van der Waals surface area contributed by atoms with Crippen LogP contribution >= 0.6 is 0 Å². The highest BCUT2D eigenvalue weighted by atomic mass is 16.4. The summed E-state index contributed by atoms with van der Waals surface area (Å²) in [5, 5.41) is 12.3. The first-order valence-electron chi connectivity index (χ1n) is 5.65. The first kappa shape index (κ1) is 11.1. The molecule has 5 nitrogen and oxygen atoms in total. The molecule has 2 rings (SSSR count). The second-order valence-electron chi connectivity index (χ2n) is 4.29. The van der Waals surface area contributed by atoms with Gasteiger partial charge in [-0.25, -0.2) is 9.78 Å². The Bertz CT molecular complexity index is 381. The number of carbonyl (C=O) groups is 1. The Balaban J connectivity index is 1.96. The molecule has 88 valence electrons. The van der Waals surface area contributed by atoms with E-state index in [1.165, 1.54) is 31.9 Å². The van der Waals surface area contributed by atoms with Crippen LogP contribution in [0.15, 0.2) is 6.20 Å². The molecule has 0 aliphatic heterocycles. The summed E-state index contributed by atoms with van der Waals surface area (Å²) >= 11 is 0. The van der Waals surface area contributed by atoms with Gasteiger partial charge in [0, 0.05) is 13.1 Å². The Morgan fingerprint density at radius 3 is 2.88 bits per heavy atom. The fourth-order valence-corrected chi connectivity index (χ4v) is 2.18. The minimum absolute atomic E-state index is 0.239. The molecule has 1 aromatic heterocycles. The average molecular weight is 223 g/mol. The van der Waals surface area contributed by atoms with Crippen LogP contribution < -0.4 is 5.32 Å². The molecule has 0 saturated heterocycles. The number of imidazole rings is 1. The summed E-state index contributed by atoms with van der Waals surface area (Å²) in [7, 11) is 1.74. The summed E-state index contributed by atoms with van der Waals surface area (Å²) in [6.07, 6.45) is 6.43. The van der Waals surface area contributed by atoms with Gasteiger partial charge in [-0.3, -0.25) is 0 Å². The molecule has 0 spiro atoms. The molecule has 1 aliphatic rings. The van der Waals surface area contributed by atoms with Crippen LogP contribution in [0.4, 0.5) is 0 Å². The van der Waals surface area contributed by atoms with Crippen LogP contribution in [0.1, 0.15) is 42.0 Å². The van der Waals surface area contributed by atoms with Crippen LogP contribution in [-0.4, -0.2) is 26.7 Å². The van der Waals surface area contributed by atoms with Gasteiger partial charge in [0.25, 0.3) is 0 Å². The highest BCUT2D eigenvalue weighted by Gasteiger charge is 2.16. The molecule has 1 fully saturated rings. The molecule has 2 N–H and O–H groups in total. The number of carboxylic acids is 1. The van der Waals surface area contributed by atoms with Crippen molar-refractivity contribution in [3.63, 3.8) is 0 Å². The minimum atomic E-state index is -0.929. The van der Waals surface area contributed by atoms with Crippen LogP contribution in [0, 0.1) is 0 Å². The molecule has 16 heavy (non-hydrogen) atoms. The Labute approximate surface area is 94.5 Å². The van der Waals surface area contributed by atoms with Crippen LogP contribution in [-0.2, 0) is 13.6 Å². The Kier molecular flexibility index (Phi) is 3.24. The van der Waals surface area contributed by atoms with Crippen LogP contribution in [0.2, 0.25) is 0 Å². The predicted octanol–water partition coefficient (Wildman–Crippen LogP) is 1.15. The first-order valence-corrected chi connectivity index (χ1v) is 5.65. The molecule has 0 atom stereocenters. The molecule has 1 aromatic rings. The monoisotopic (exact) mass is 223 g/mol. The van der Waals surface area contributed by atoms with E-state index < -0.39 is 5.97 Å². The summed E-state index contributed by atoms with van der Waals surface area (Å²) in [6, 6.07) is 0.574. The molecule has 0 unspecified atom stereocenters. The van der Waals surface area contributed by atoms with Crippen molar-refractivity contribution in [3.8, 4) is 0 Å². The molecule has 1 saturated carbocycles. The van der Waals surface area contributed by atoms with Gasteiger partial charge >= 0.3 is 5.97 Å². The van der Waals surface area contributed by atoms with Gasteiger partial charge in [0.05, 0.1) is 12.7 Å². The number of aromatic carboxylic acids is 1. The standard InChI is InChI=1S/C11H17N3O2/c1-14-9(11(15)16)6-13-10(14)7-12-8-4-2-3-5-8/h6,8,12H,2-5,7H2,1H3,(H,15,16). The van der Waals surface area contributed by atoms with Gasteiger partial charge in [-0.1, -0.05) is 12.8 Å². The number of aromatic nitrogens is 2. The van der Waals surface area contributed by atoms with E-state index in [2.05, 4.69) is 10.3 Å². The summed E-state index contributed by atoms with van der Waals surface area (Å²) in [5.41, 5.74) is 0.239. The van der Waals surface area contributed by atoms with Crippen LogP contribution in [0.5, 0.6) is 0 Å². The highest BCUT2D eigenvalue weighted by Crippen LogP contribution is 2.18. The number of nitrogens with zero attached hydrogens (tertiary/aromatic N) is 2. The summed E-state index contributed by atoms with van der Waals surface area (Å²) in [6.45, 7) is 0.647. The molecule has 0 aromatic carbocycles. The molecule has 0 amide bonds. The van der Waals surface area contributed by atoms with Crippen molar-refractivity contribution in [2.45, 2.75) is 38.3 Å². The second kappa shape index (κ2) is 4.65. The van der Waals surface area contributed by atoms with Crippen LogP contribution in [0.25, 0.3) is 0 Å². The van der Waals surface area contributed by atoms with E-state index >= 15 is 0 Å². The van der Waals surface area contributed by atoms with E-state index in [-0.39, 0.29) is 5.69 Å². The third-order valence-electron chi connectivity index (χ3n) is 3.21. The number of nitrogens with one attached hydrogen (secondary N) is 1. The smallest absolute Gasteiger partial charge is 0.354 e. The molecule has 1 aliphatic carbocycles. The lowest BCUT2D eigenvalue weighted by molar-refractivity contribution is 0.0686. The highest BCUT2D eigenvalue weighted by molar-refractivity contribution is 5.85. The molecule has 0 radical (unpaired) electrons. The lowest BCUT2D eigenvalue weighted by Gasteiger charge is -2.11. The maximum absolute atomic E-state index is 10.8. The fraction of sp³-hybridized carbons (Fsp3) is 0.636. The molecular formula is C11H17N3O2. The summed E-state index contributed by atoms with van der Waals surface area (Å²) in [4.78, 5) is 14.9. The normalized spacial score (nSPS) is 16.8. The summed E-state index contributed by atoms with van der Waals surface area (Å²) in [5.74, 6) is -0.147. The van der Waals surface area contributed by atoms with Crippen molar-refractivity contribution in [2.75, 3.05) is 0 Å². The van der Waals surface area contributed by atoms with Gasteiger partial charge in [-0.05, 0) is 12.8 Å². The number of carboxylic acid groups (broad SMARTS) is 1. The molecule has 1 heterocycles. The Morgan fingerprint density at radius 2 is 2.31 bits per heavy atom. The number of rotatable bonds is 4. The van der Waals surface area contributed by atoms with E-state index in [1.54, 1.807) is 11.6 Å². The zero-order valence-electron chi connectivity index (χ0n) is 9.44. The van der Waals surface area contributed by atoms with E-state index in [0.29, 0.717) is 12.6 Å². The number of hydrogen-bond acceptors (Lipinski definition) is 3. The van der Waals surface area contributed by atoms with Crippen molar-refractivity contribution in [1.82, 2.24) is 14.9 Å². The zero-order valence-corrected chi connectivity index (χ0v) is 9.44. The summed E-state index contributed by atoms with van der Waals surface area (Å²) < 4.78 is 1.63. The third kappa shape index (κ3) is 2.24. The fourth-order valence-electron chi connectivity index (χ4n) is 2.18. The predicted molar refractivity (Wildman–Crippen MR) is 59.3 cm³/mol. The van der Waals surface area contributed by atoms with E-state index in [1.807, 2.05) is 0 Å². The van der Waals surface area contributed by atoms with Gasteiger partial charge in [0.15, 0.2) is 0 Å². The van der Waals surface area contributed by atoms with Gasteiger partial charge < -0.3 is 15.0 Å². The lowest BCUT2D eigenvalue weighted by Crippen LogP contribution is -2.26. The third-order valence-corrected chi connectivity index (χ3v) is 3.21. The largest absolute Gasteiger partial charge is 0.477 e.